The zero-order chi connectivity index (χ0) is 14.0. The average Bonchev–Trinajstić information content (AvgIpc) is 2.74. The molecule has 3 N–H and O–H groups in total. The van der Waals surface area contributed by atoms with E-state index < -0.39 is 0 Å². The number of anilines is 1. The van der Waals surface area contributed by atoms with E-state index in [2.05, 4.69) is 10.3 Å². The number of aryl methyl sites for hydroxylation is 2. The monoisotopic (exact) mass is 259 g/mol. The number of furan rings is 1. The highest BCUT2D eigenvalue weighted by Crippen LogP contribution is 2.16. The number of carbonyl (C=O) groups is 1. The van der Waals surface area contributed by atoms with Crippen molar-refractivity contribution in [3.63, 3.8) is 0 Å². The quantitative estimate of drug-likeness (QED) is 0.886. The Kier molecular flexibility index (Phi) is 3.55. The van der Waals surface area contributed by atoms with Crippen LogP contribution < -0.4 is 11.1 Å². The Morgan fingerprint density at radius 3 is 2.68 bits per heavy atom. The highest BCUT2D eigenvalue weighted by molar-refractivity contribution is 5.95. The lowest BCUT2D eigenvalue weighted by Crippen LogP contribution is -2.26. The van der Waals surface area contributed by atoms with Gasteiger partial charge in [-0.3, -0.25) is 4.79 Å². The van der Waals surface area contributed by atoms with Crippen molar-refractivity contribution in [1.29, 1.82) is 0 Å². The number of aromatic nitrogens is 1. The van der Waals surface area contributed by atoms with Crippen molar-refractivity contribution < 1.29 is 9.21 Å². The van der Waals surface area contributed by atoms with Crippen molar-refractivity contribution in [3.8, 4) is 0 Å². The fourth-order valence-corrected chi connectivity index (χ4v) is 1.86. The molecule has 1 atom stereocenters. The average molecular weight is 259 g/mol. The van der Waals surface area contributed by atoms with Gasteiger partial charge in [-0.25, -0.2) is 4.98 Å². The molecule has 100 valence electrons. The Morgan fingerprint density at radius 2 is 2.11 bits per heavy atom. The van der Waals surface area contributed by atoms with Crippen molar-refractivity contribution in [2.24, 2.45) is 0 Å². The first-order chi connectivity index (χ1) is 8.95. The highest BCUT2D eigenvalue weighted by Gasteiger charge is 2.14. The van der Waals surface area contributed by atoms with E-state index in [0.29, 0.717) is 17.1 Å². The zero-order valence-electron chi connectivity index (χ0n) is 11.2. The van der Waals surface area contributed by atoms with Gasteiger partial charge in [0, 0.05) is 11.3 Å². The van der Waals surface area contributed by atoms with Crippen LogP contribution in [-0.2, 0) is 0 Å². The van der Waals surface area contributed by atoms with E-state index in [1.54, 1.807) is 19.1 Å². The number of pyridine rings is 1. The molecule has 0 aromatic carbocycles. The second kappa shape index (κ2) is 5.14. The van der Waals surface area contributed by atoms with Gasteiger partial charge < -0.3 is 15.5 Å². The number of amides is 1. The van der Waals surface area contributed by atoms with Crippen LogP contribution in [0.5, 0.6) is 0 Å². The first-order valence-corrected chi connectivity index (χ1v) is 6.07. The van der Waals surface area contributed by atoms with Gasteiger partial charge in [0.15, 0.2) is 0 Å². The predicted molar refractivity (Wildman–Crippen MR) is 72.7 cm³/mol. The summed E-state index contributed by atoms with van der Waals surface area (Å²) in [5, 5.41) is 2.86. The normalized spacial score (nSPS) is 12.2. The zero-order valence-corrected chi connectivity index (χ0v) is 11.2. The maximum atomic E-state index is 12.1. The fraction of sp³-hybridized carbons (Fsp3) is 0.286. The number of nitrogens with two attached hydrogens (primary N) is 1. The fourth-order valence-electron chi connectivity index (χ4n) is 1.86. The third-order valence-corrected chi connectivity index (χ3v) is 2.77. The molecule has 0 aliphatic heterocycles. The maximum absolute atomic E-state index is 12.1. The Labute approximate surface area is 111 Å². The summed E-state index contributed by atoms with van der Waals surface area (Å²) in [6.45, 7) is 5.53. The number of rotatable bonds is 3. The number of carbonyl (C=O) groups excluding carboxylic acids is 1. The van der Waals surface area contributed by atoms with Crippen molar-refractivity contribution in [2.45, 2.75) is 26.8 Å². The van der Waals surface area contributed by atoms with Gasteiger partial charge in [-0.1, -0.05) is 0 Å². The number of nitrogen functional groups attached to an aromatic ring is 1. The van der Waals surface area contributed by atoms with Crippen LogP contribution in [0.1, 0.15) is 40.5 Å². The lowest BCUT2D eigenvalue weighted by Gasteiger charge is -2.12. The summed E-state index contributed by atoms with van der Waals surface area (Å²) in [6, 6.07) is 6.78. The Morgan fingerprint density at radius 1 is 1.37 bits per heavy atom. The summed E-state index contributed by atoms with van der Waals surface area (Å²) in [5.41, 5.74) is 6.85. The van der Waals surface area contributed by atoms with Gasteiger partial charge in [-0.2, -0.15) is 0 Å². The summed E-state index contributed by atoms with van der Waals surface area (Å²) in [6.07, 6.45) is 0. The number of nitrogens with one attached hydrogen (secondary N) is 1. The SMILES string of the molecule is Cc1cc(C(=O)NC(C)c2ccc(C)o2)cc(N)n1. The van der Waals surface area contributed by atoms with Crippen LogP contribution in [0.2, 0.25) is 0 Å². The van der Waals surface area contributed by atoms with E-state index in [-0.39, 0.29) is 11.9 Å². The molecule has 0 spiro atoms. The summed E-state index contributed by atoms with van der Waals surface area (Å²) in [5.74, 6) is 1.69. The number of hydrogen-bond acceptors (Lipinski definition) is 4. The van der Waals surface area contributed by atoms with E-state index in [0.717, 1.165) is 11.5 Å². The summed E-state index contributed by atoms with van der Waals surface area (Å²) >= 11 is 0. The molecule has 0 radical (unpaired) electrons. The topological polar surface area (TPSA) is 81.2 Å². The van der Waals surface area contributed by atoms with Crippen molar-refractivity contribution in [1.82, 2.24) is 10.3 Å². The van der Waals surface area contributed by atoms with Gasteiger partial charge in [-0.15, -0.1) is 0 Å². The van der Waals surface area contributed by atoms with E-state index in [4.69, 9.17) is 10.2 Å². The minimum Gasteiger partial charge on any atom is -0.464 e. The Balaban J connectivity index is 2.12. The molecule has 1 unspecified atom stereocenters. The maximum Gasteiger partial charge on any atom is 0.252 e. The van der Waals surface area contributed by atoms with Crippen LogP contribution >= 0.6 is 0 Å². The van der Waals surface area contributed by atoms with Crippen LogP contribution in [0, 0.1) is 13.8 Å². The lowest BCUT2D eigenvalue weighted by atomic mass is 10.2. The third kappa shape index (κ3) is 3.13. The van der Waals surface area contributed by atoms with Crippen LogP contribution in [0.3, 0.4) is 0 Å². The smallest absolute Gasteiger partial charge is 0.252 e. The molecule has 2 heterocycles. The minimum atomic E-state index is -0.198. The van der Waals surface area contributed by atoms with Crippen molar-refractivity contribution in [3.05, 3.63) is 47.0 Å². The second-order valence-electron chi connectivity index (χ2n) is 4.57. The first kappa shape index (κ1) is 13.1. The van der Waals surface area contributed by atoms with Crippen LogP contribution in [-0.4, -0.2) is 10.9 Å². The summed E-state index contributed by atoms with van der Waals surface area (Å²) < 4.78 is 5.48. The molecule has 2 rings (SSSR count). The van der Waals surface area contributed by atoms with E-state index in [1.807, 2.05) is 26.0 Å². The van der Waals surface area contributed by atoms with Gasteiger partial charge in [0.25, 0.3) is 5.91 Å². The molecule has 19 heavy (non-hydrogen) atoms. The molecule has 0 aliphatic rings. The predicted octanol–water partition coefficient (Wildman–Crippen LogP) is 2.36. The first-order valence-electron chi connectivity index (χ1n) is 6.07. The van der Waals surface area contributed by atoms with Crippen LogP contribution in [0.15, 0.2) is 28.7 Å². The second-order valence-corrected chi connectivity index (χ2v) is 4.57. The molecule has 0 saturated carbocycles. The van der Waals surface area contributed by atoms with Crippen molar-refractivity contribution in [2.75, 3.05) is 5.73 Å². The number of nitrogens with zero attached hydrogens (tertiary/aromatic N) is 1. The van der Waals surface area contributed by atoms with Gasteiger partial charge in [0.2, 0.25) is 0 Å². The standard InChI is InChI=1S/C14H17N3O2/c1-8-6-11(7-13(15)16-8)14(18)17-10(3)12-5-4-9(2)19-12/h4-7,10H,1-3H3,(H2,15,16)(H,17,18). The summed E-state index contributed by atoms with van der Waals surface area (Å²) in [4.78, 5) is 16.1. The van der Waals surface area contributed by atoms with Crippen LogP contribution in [0.25, 0.3) is 0 Å². The Bertz CT molecular complexity index is 584. The summed E-state index contributed by atoms with van der Waals surface area (Å²) in [7, 11) is 0. The largest absolute Gasteiger partial charge is 0.464 e. The molecular weight excluding hydrogens is 242 g/mol. The van der Waals surface area contributed by atoms with Gasteiger partial charge in [0.05, 0.1) is 6.04 Å². The molecular formula is C14H17N3O2. The van der Waals surface area contributed by atoms with Gasteiger partial charge >= 0.3 is 0 Å². The van der Waals surface area contributed by atoms with E-state index in [1.165, 1.54) is 0 Å². The third-order valence-electron chi connectivity index (χ3n) is 2.77. The molecule has 0 fully saturated rings. The van der Waals surface area contributed by atoms with Gasteiger partial charge in [0.1, 0.15) is 17.3 Å². The molecule has 2 aromatic heterocycles. The molecule has 5 heteroatoms. The molecule has 0 bridgehead atoms. The van der Waals surface area contributed by atoms with Crippen molar-refractivity contribution >= 4 is 11.7 Å². The van der Waals surface area contributed by atoms with Crippen LogP contribution in [0.4, 0.5) is 5.82 Å². The highest BCUT2D eigenvalue weighted by atomic mass is 16.3. The van der Waals surface area contributed by atoms with E-state index >= 15 is 0 Å². The molecule has 0 aliphatic carbocycles. The molecule has 0 saturated heterocycles. The minimum absolute atomic E-state index is 0.196. The Hall–Kier alpha value is -2.30. The van der Waals surface area contributed by atoms with E-state index in [9.17, 15) is 4.79 Å². The molecule has 2 aromatic rings. The molecule has 5 nitrogen and oxygen atoms in total. The molecule has 1 amide bonds. The lowest BCUT2D eigenvalue weighted by molar-refractivity contribution is 0.0935. The van der Waals surface area contributed by atoms with Gasteiger partial charge in [-0.05, 0) is 45.0 Å². The number of hydrogen-bond donors (Lipinski definition) is 2.